The highest BCUT2D eigenvalue weighted by Crippen LogP contribution is 2.13. The number of guanidine groups is 1. The summed E-state index contributed by atoms with van der Waals surface area (Å²) in [6.45, 7) is 6.78. The maximum absolute atomic E-state index is 11.1. The summed E-state index contributed by atoms with van der Waals surface area (Å²) in [6, 6.07) is 6.11. The molecule has 0 aliphatic heterocycles. The van der Waals surface area contributed by atoms with Gasteiger partial charge in [0.25, 0.3) is 0 Å². The maximum atomic E-state index is 11.1. The van der Waals surface area contributed by atoms with E-state index in [1.807, 2.05) is 26.0 Å². The normalized spacial score (nSPS) is 11.2. The van der Waals surface area contributed by atoms with Crippen LogP contribution in [0.15, 0.2) is 23.2 Å². The molecule has 0 spiro atoms. The largest absolute Gasteiger partial charge is 0.466 e. The van der Waals surface area contributed by atoms with Gasteiger partial charge in [-0.2, -0.15) is 0 Å². The predicted molar refractivity (Wildman–Crippen MR) is 81.9 cm³/mol. The third kappa shape index (κ3) is 6.22. The van der Waals surface area contributed by atoms with Crippen molar-refractivity contribution in [2.24, 2.45) is 10.7 Å². The van der Waals surface area contributed by atoms with E-state index >= 15 is 0 Å². The number of hydrogen-bond acceptors (Lipinski definition) is 3. The van der Waals surface area contributed by atoms with Crippen molar-refractivity contribution >= 4 is 17.6 Å². The van der Waals surface area contributed by atoms with Crippen molar-refractivity contribution in [3.63, 3.8) is 0 Å². The van der Waals surface area contributed by atoms with Gasteiger partial charge in [-0.05, 0) is 50.5 Å². The average Bonchev–Trinajstić information content (AvgIpc) is 2.33. The van der Waals surface area contributed by atoms with Crippen LogP contribution in [0, 0.1) is 13.8 Å². The Hall–Kier alpha value is -2.04. The number of hydrogen-bond donors (Lipinski definition) is 2. The van der Waals surface area contributed by atoms with Gasteiger partial charge in [0.2, 0.25) is 0 Å². The Morgan fingerprint density at radius 2 is 1.95 bits per heavy atom. The van der Waals surface area contributed by atoms with Gasteiger partial charge in [0.1, 0.15) is 0 Å². The van der Waals surface area contributed by atoms with Crippen molar-refractivity contribution in [2.45, 2.75) is 33.6 Å². The molecule has 1 aromatic rings. The predicted octanol–water partition coefficient (Wildman–Crippen LogP) is 2.37. The van der Waals surface area contributed by atoms with Gasteiger partial charge in [-0.15, -0.1) is 0 Å². The fourth-order valence-electron chi connectivity index (χ4n) is 1.89. The number of rotatable bonds is 6. The first-order valence-electron chi connectivity index (χ1n) is 6.82. The highest BCUT2D eigenvalue weighted by atomic mass is 16.5. The Kier molecular flexibility index (Phi) is 6.56. The lowest BCUT2D eigenvalue weighted by Crippen LogP contribution is -2.23. The Bertz CT molecular complexity index is 464. The van der Waals surface area contributed by atoms with E-state index in [1.165, 1.54) is 11.1 Å². The van der Waals surface area contributed by atoms with E-state index in [-0.39, 0.29) is 5.97 Å². The standard InChI is InChI=1S/C15H23N3O2/c1-4-20-14(19)6-5-7-17-15(16)18-13-9-11(2)8-12(3)10-13/h8-10H,4-7H2,1-3H3,(H3,16,17,18). The molecule has 0 radical (unpaired) electrons. The average molecular weight is 277 g/mol. The minimum Gasteiger partial charge on any atom is -0.466 e. The number of nitrogens with zero attached hydrogens (tertiary/aromatic N) is 1. The number of nitrogens with two attached hydrogens (primary N) is 1. The second kappa shape index (κ2) is 8.19. The molecule has 1 rings (SSSR count). The second-order valence-electron chi connectivity index (χ2n) is 4.68. The molecule has 0 heterocycles. The zero-order valence-electron chi connectivity index (χ0n) is 12.4. The summed E-state index contributed by atoms with van der Waals surface area (Å²) >= 11 is 0. The van der Waals surface area contributed by atoms with Crippen LogP contribution in [0.1, 0.15) is 30.9 Å². The number of benzene rings is 1. The summed E-state index contributed by atoms with van der Waals surface area (Å²) in [4.78, 5) is 15.3. The van der Waals surface area contributed by atoms with E-state index in [2.05, 4.69) is 16.4 Å². The van der Waals surface area contributed by atoms with E-state index < -0.39 is 0 Å². The molecule has 1 aromatic carbocycles. The zero-order chi connectivity index (χ0) is 15.0. The molecule has 0 saturated carbocycles. The summed E-state index contributed by atoms with van der Waals surface area (Å²) in [6.07, 6.45) is 1.00. The molecule has 0 atom stereocenters. The number of ether oxygens (including phenoxy) is 1. The van der Waals surface area contributed by atoms with E-state index in [1.54, 1.807) is 6.92 Å². The van der Waals surface area contributed by atoms with Crippen LogP contribution in [0.4, 0.5) is 5.69 Å². The van der Waals surface area contributed by atoms with E-state index in [0.717, 1.165) is 5.69 Å². The van der Waals surface area contributed by atoms with Gasteiger partial charge in [0.15, 0.2) is 5.96 Å². The van der Waals surface area contributed by atoms with Gasteiger partial charge < -0.3 is 15.8 Å². The number of carbonyl (C=O) groups excluding carboxylic acids is 1. The van der Waals surface area contributed by atoms with Gasteiger partial charge in [0, 0.05) is 18.7 Å². The van der Waals surface area contributed by atoms with Crippen LogP contribution in [-0.4, -0.2) is 25.1 Å². The molecule has 0 aliphatic rings. The van der Waals surface area contributed by atoms with Gasteiger partial charge in [0.05, 0.1) is 6.61 Å². The number of aliphatic imine (C=N–C) groups is 1. The van der Waals surface area contributed by atoms with Crippen molar-refractivity contribution in [1.29, 1.82) is 0 Å². The molecular formula is C15H23N3O2. The summed E-state index contributed by atoms with van der Waals surface area (Å²) in [5, 5.41) is 3.05. The molecule has 20 heavy (non-hydrogen) atoms. The topological polar surface area (TPSA) is 76.7 Å². The van der Waals surface area contributed by atoms with E-state index in [0.29, 0.717) is 32.0 Å². The first kappa shape index (κ1) is 16.0. The summed E-state index contributed by atoms with van der Waals surface area (Å²) in [5.41, 5.74) is 9.07. The van der Waals surface area contributed by atoms with Gasteiger partial charge >= 0.3 is 5.97 Å². The summed E-state index contributed by atoms with van der Waals surface area (Å²) in [7, 11) is 0. The second-order valence-corrected chi connectivity index (χ2v) is 4.68. The highest BCUT2D eigenvalue weighted by Gasteiger charge is 2.01. The molecular weight excluding hydrogens is 254 g/mol. The van der Waals surface area contributed by atoms with E-state index in [4.69, 9.17) is 10.5 Å². The number of aryl methyl sites for hydroxylation is 2. The molecule has 0 aliphatic carbocycles. The maximum Gasteiger partial charge on any atom is 0.305 e. The van der Waals surface area contributed by atoms with Crippen LogP contribution < -0.4 is 11.1 Å². The number of nitrogens with one attached hydrogen (secondary N) is 1. The quantitative estimate of drug-likeness (QED) is 0.362. The lowest BCUT2D eigenvalue weighted by atomic mass is 10.1. The lowest BCUT2D eigenvalue weighted by Gasteiger charge is -2.08. The lowest BCUT2D eigenvalue weighted by molar-refractivity contribution is -0.143. The van der Waals surface area contributed by atoms with Crippen molar-refractivity contribution in [3.8, 4) is 0 Å². The third-order valence-electron chi connectivity index (χ3n) is 2.62. The smallest absolute Gasteiger partial charge is 0.305 e. The Morgan fingerprint density at radius 3 is 2.55 bits per heavy atom. The highest BCUT2D eigenvalue weighted by molar-refractivity contribution is 5.92. The molecule has 5 heteroatoms. The molecule has 0 saturated heterocycles. The molecule has 0 amide bonds. The first-order valence-corrected chi connectivity index (χ1v) is 6.82. The summed E-state index contributed by atoms with van der Waals surface area (Å²) < 4.78 is 4.84. The molecule has 3 N–H and O–H groups in total. The Labute approximate surface area is 120 Å². The summed E-state index contributed by atoms with van der Waals surface area (Å²) in [5.74, 6) is 0.169. The Balaban J connectivity index is 2.40. The minimum absolute atomic E-state index is 0.191. The molecule has 0 fully saturated rings. The number of carbonyl (C=O) groups is 1. The van der Waals surface area contributed by atoms with Crippen LogP contribution in [-0.2, 0) is 9.53 Å². The molecule has 0 bridgehead atoms. The van der Waals surface area contributed by atoms with Crippen LogP contribution in [0.2, 0.25) is 0 Å². The third-order valence-corrected chi connectivity index (χ3v) is 2.62. The van der Waals surface area contributed by atoms with E-state index in [9.17, 15) is 4.79 Å². The SMILES string of the molecule is CCOC(=O)CCCN=C(N)Nc1cc(C)cc(C)c1. The van der Waals surface area contributed by atoms with Crippen molar-refractivity contribution in [1.82, 2.24) is 0 Å². The van der Waals surface area contributed by atoms with Gasteiger partial charge in [-0.3, -0.25) is 9.79 Å². The van der Waals surface area contributed by atoms with Crippen LogP contribution in [0.5, 0.6) is 0 Å². The van der Waals surface area contributed by atoms with Crippen molar-refractivity contribution in [3.05, 3.63) is 29.3 Å². The fourth-order valence-corrected chi connectivity index (χ4v) is 1.89. The van der Waals surface area contributed by atoms with Crippen molar-refractivity contribution in [2.75, 3.05) is 18.5 Å². The van der Waals surface area contributed by atoms with Crippen LogP contribution in [0.25, 0.3) is 0 Å². The fraction of sp³-hybridized carbons (Fsp3) is 0.467. The van der Waals surface area contributed by atoms with Gasteiger partial charge in [-0.1, -0.05) is 6.07 Å². The molecule has 0 aromatic heterocycles. The Morgan fingerprint density at radius 1 is 1.30 bits per heavy atom. The number of anilines is 1. The molecule has 5 nitrogen and oxygen atoms in total. The monoisotopic (exact) mass is 277 g/mol. The zero-order valence-corrected chi connectivity index (χ0v) is 12.4. The van der Waals surface area contributed by atoms with Crippen molar-refractivity contribution < 1.29 is 9.53 Å². The molecule has 0 unspecified atom stereocenters. The van der Waals surface area contributed by atoms with Crippen LogP contribution >= 0.6 is 0 Å². The number of esters is 1. The first-order chi connectivity index (χ1) is 9.51. The molecule has 110 valence electrons. The minimum atomic E-state index is -0.191. The van der Waals surface area contributed by atoms with Gasteiger partial charge in [-0.25, -0.2) is 0 Å². The van der Waals surface area contributed by atoms with Crippen LogP contribution in [0.3, 0.4) is 0 Å².